The van der Waals surface area contributed by atoms with Crippen molar-refractivity contribution in [2.45, 2.75) is 6.54 Å². The van der Waals surface area contributed by atoms with Crippen LogP contribution in [0.4, 0.5) is 8.78 Å². The molecule has 3 aromatic rings. The van der Waals surface area contributed by atoms with Crippen molar-refractivity contribution in [3.05, 3.63) is 71.9 Å². The Morgan fingerprint density at radius 3 is 2.65 bits per heavy atom. The Bertz CT molecular complexity index is 867. The van der Waals surface area contributed by atoms with E-state index in [2.05, 4.69) is 5.16 Å². The van der Waals surface area contributed by atoms with Gasteiger partial charge in [0.1, 0.15) is 18.2 Å². The average Bonchev–Trinajstić information content (AvgIpc) is 2.90. The highest BCUT2D eigenvalue weighted by atomic mass is 19.1. The molecular weight excluding hydrogens is 302 g/mol. The van der Waals surface area contributed by atoms with E-state index in [1.54, 1.807) is 10.8 Å². The molecule has 116 valence electrons. The second-order valence-corrected chi connectivity index (χ2v) is 4.90. The third-order valence-corrected chi connectivity index (χ3v) is 3.22. The van der Waals surface area contributed by atoms with E-state index in [4.69, 9.17) is 4.84 Å². The van der Waals surface area contributed by atoms with Gasteiger partial charge in [-0.25, -0.2) is 13.6 Å². The van der Waals surface area contributed by atoms with Crippen molar-refractivity contribution >= 4 is 23.1 Å². The quantitative estimate of drug-likeness (QED) is 0.420. The van der Waals surface area contributed by atoms with Crippen molar-refractivity contribution in [2.24, 2.45) is 5.16 Å². The molecule has 0 fully saturated rings. The topological polar surface area (TPSA) is 43.6 Å². The van der Waals surface area contributed by atoms with E-state index >= 15 is 0 Å². The molecule has 1 aromatic heterocycles. The second-order valence-electron chi connectivity index (χ2n) is 4.90. The molecular formula is C17H12F2N2O2. The van der Waals surface area contributed by atoms with E-state index in [0.717, 1.165) is 35.3 Å². The molecule has 0 unspecified atom stereocenters. The van der Waals surface area contributed by atoms with Gasteiger partial charge in [0.05, 0.1) is 6.21 Å². The Morgan fingerprint density at radius 1 is 1.13 bits per heavy atom. The Labute approximate surface area is 130 Å². The molecule has 0 radical (unpaired) electrons. The highest BCUT2D eigenvalue weighted by Crippen LogP contribution is 2.15. The number of carbonyl (C=O) groups excluding carboxylic acids is 1. The zero-order chi connectivity index (χ0) is 16.2. The number of fused-ring (bicyclic) bond motifs is 1. The van der Waals surface area contributed by atoms with Crippen LogP contribution >= 0.6 is 0 Å². The first-order valence-electron chi connectivity index (χ1n) is 6.85. The van der Waals surface area contributed by atoms with Gasteiger partial charge in [-0.1, -0.05) is 23.4 Å². The molecule has 6 heteroatoms. The monoisotopic (exact) mass is 314 g/mol. The summed E-state index contributed by atoms with van der Waals surface area (Å²) in [7, 11) is 0. The Kier molecular flexibility index (Phi) is 4.14. The largest absolute Gasteiger partial charge is 0.354 e. The fourth-order valence-corrected chi connectivity index (χ4v) is 2.24. The van der Waals surface area contributed by atoms with Crippen LogP contribution in [-0.2, 0) is 16.2 Å². The summed E-state index contributed by atoms with van der Waals surface area (Å²) in [5.74, 6) is -2.03. The summed E-state index contributed by atoms with van der Waals surface area (Å²) < 4.78 is 27.7. The minimum Gasteiger partial charge on any atom is -0.336 e. The van der Waals surface area contributed by atoms with Crippen LogP contribution in [0, 0.1) is 11.6 Å². The van der Waals surface area contributed by atoms with Crippen LogP contribution in [0.2, 0.25) is 0 Å². The second kappa shape index (κ2) is 6.39. The summed E-state index contributed by atoms with van der Waals surface area (Å²) in [4.78, 5) is 16.5. The maximum Gasteiger partial charge on any atom is 0.354 e. The van der Waals surface area contributed by atoms with Gasteiger partial charge in [0.2, 0.25) is 0 Å². The number of rotatable bonds is 4. The molecule has 3 rings (SSSR count). The SMILES string of the molecule is O=C(Cn1ccc2ccccc21)ON=Cc1cc(F)cc(F)c1. The van der Waals surface area contributed by atoms with Gasteiger partial charge in [-0.05, 0) is 29.7 Å². The smallest absolute Gasteiger partial charge is 0.336 e. The lowest BCUT2D eigenvalue weighted by Crippen LogP contribution is -2.10. The first kappa shape index (κ1) is 14.9. The third-order valence-electron chi connectivity index (χ3n) is 3.22. The summed E-state index contributed by atoms with van der Waals surface area (Å²) in [6.45, 7) is -0.0115. The zero-order valence-electron chi connectivity index (χ0n) is 11.9. The number of oxime groups is 1. The average molecular weight is 314 g/mol. The summed E-state index contributed by atoms with van der Waals surface area (Å²) in [5.41, 5.74) is 1.07. The van der Waals surface area contributed by atoms with Crippen LogP contribution in [0.5, 0.6) is 0 Å². The van der Waals surface area contributed by atoms with Crippen molar-refractivity contribution in [1.29, 1.82) is 0 Å². The minimum atomic E-state index is -0.725. The molecule has 0 amide bonds. The lowest BCUT2D eigenvalue weighted by atomic mass is 10.2. The van der Waals surface area contributed by atoms with Crippen LogP contribution in [-0.4, -0.2) is 16.8 Å². The van der Waals surface area contributed by atoms with Gasteiger partial charge in [0.25, 0.3) is 0 Å². The number of hydrogen-bond donors (Lipinski definition) is 0. The number of benzene rings is 2. The van der Waals surface area contributed by atoms with Crippen LogP contribution in [0.25, 0.3) is 10.9 Å². The van der Waals surface area contributed by atoms with E-state index in [9.17, 15) is 13.6 Å². The summed E-state index contributed by atoms with van der Waals surface area (Å²) in [5, 5.41) is 4.48. The Hall–Kier alpha value is -3.02. The highest BCUT2D eigenvalue weighted by molar-refractivity contribution is 5.82. The molecule has 0 aliphatic carbocycles. The molecule has 0 aliphatic rings. The molecule has 1 heterocycles. The van der Waals surface area contributed by atoms with Crippen LogP contribution in [0.3, 0.4) is 0 Å². The lowest BCUT2D eigenvalue weighted by molar-refractivity contribution is -0.144. The molecule has 0 aliphatic heterocycles. The van der Waals surface area contributed by atoms with E-state index in [0.29, 0.717) is 0 Å². The maximum atomic E-state index is 13.0. The zero-order valence-corrected chi connectivity index (χ0v) is 11.9. The van der Waals surface area contributed by atoms with Crippen molar-refractivity contribution in [3.63, 3.8) is 0 Å². The Morgan fingerprint density at radius 2 is 1.87 bits per heavy atom. The van der Waals surface area contributed by atoms with E-state index in [1.165, 1.54) is 0 Å². The molecule has 0 bridgehead atoms. The van der Waals surface area contributed by atoms with Gasteiger partial charge < -0.3 is 9.40 Å². The standard InChI is InChI=1S/C17H12F2N2O2/c18-14-7-12(8-15(19)9-14)10-20-23-17(22)11-21-6-5-13-3-1-2-4-16(13)21/h1-10H,11H2. The lowest BCUT2D eigenvalue weighted by Gasteiger charge is -2.02. The number of carbonyl (C=O) groups is 1. The maximum absolute atomic E-state index is 13.0. The highest BCUT2D eigenvalue weighted by Gasteiger charge is 2.07. The van der Waals surface area contributed by atoms with Crippen molar-refractivity contribution in [1.82, 2.24) is 4.57 Å². The predicted molar refractivity (Wildman–Crippen MR) is 82.0 cm³/mol. The fraction of sp³-hybridized carbons (Fsp3) is 0.0588. The summed E-state index contributed by atoms with van der Waals surface area (Å²) in [6.07, 6.45) is 2.86. The van der Waals surface area contributed by atoms with Gasteiger partial charge in [-0.2, -0.15) is 0 Å². The first-order valence-corrected chi connectivity index (χ1v) is 6.85. The Balaban J connectivity index is 1.64. The molecule has 0 saturated carbocycles. The fourth-order valence-electron chi connectivity index (χ4n) is 2.24. The van der Waals surface area contributed by atoms with Gasteiger partial charge in [0.15, 0.2) is 0 Å². The van der Waals surface area contributed by atoms with Gasteiger partial charge in [0, 0.05) is 23.3 Å². The van der Waals surface area contributed by atoms with Gasteiger partial charge in [-0.3, -0.25) is 0 Å². The summed E-state index contributed by atoms with van der Waals surface area (Å²) >= 11 is 0. The summed E-state index contributed by atoms with van der Waals surface area (Å²) in [6, 6.07) is 12.4. The minimum absolute atomic E-state index is 0.0115. The van der Waals surface area contributed by atoms with E-state index in [-0.39, 0.29) is 12.1 Å². The first-order chi connectivity index (χ1) is 11.1. The number of aromatic nitrogens is 1. The predicted octanol–water partition coefficient (Wildman–Crippen LogP) is 3.50. The van der Waals surface area contributed by atoms with Gasteiger partial charge >= 0.3 is 5.97 Å². The molecule has 0 N–H and O–H groups in total. The van der Waals surface area contributed by atoms with E-state index < -0.39 is 17.6 Å². The molecule has 0 atom stereocenters. The van der Waals surface area contributed by atoms with Crippen LogP contribution in [0.15, 0.2) is 59.9 Å². The van der Waals surface area contributed by atoms with Gasteiger partial charge in [-0.15, -0.1) is 0 Å². The van der Waals surface area contributed by atoms with Crippen LogP contribution < -0.4 is 0 Å². The van der Waals surface area contributed by atoms with Crippen molar-refractivity contribution < 1.29 is 18.4 Å². The molecule has 0 spiro atoms. The van der Waals surface area contributed by atoms with Crippen LogP contribution in [0.1, 0.15) is 5.56 Å². The van der Waals surface area contributed by atoms with E-state index in [1.807, 2.05) is 30.3 Å². The van der Waals surface area contributed by atoms with Crippen molar-refractivity contribution in [2.75, 3.05) is 0 Å². The number of nitrogens with zero attached hydrogens (tertiary/aromatic N) is 2. The number of para-hydroxylation sites is 1. The number of halogens is 2. The number of hydrogen-bond acceptors (Lipinski definition) is 3. The van der Waals surface area contributed by atoms with Crippen molar-refractivity contribution in [3.8, 4) is 0 Å². The third kappa shape index (κ3) is 3.60. The molecule has 23 heavy (non-hydrogen) atoms. The molecule has 4 nitrogen and oxygen atoms in total. The molecule has 2 aromatic carbocycles. The molecule has 0 saturated heterocycles. The normalized spacial score (nSPS) is 11.2.